The summed E-state index contributed by atoms with van der Waals surface area (Å²) >= 11 is 3.63. The fourth-order valence-electron chi connectivity index (χ4n) is 4.51. The minimum absolute atomic E-state index is 0.156. The average molecular weight is 467 g/mol. The lowest BCUT2D eigenvalue weighted by Gasteiger charge is -2.23. The molecule has 0 amide bonds. The number of Topliss-reactive ketones (excluding diaryl/α,β-unsaturated/α-hetero) is 1. The van der Waals surface area contributed by atoms with Gasteiger partial charge in [0.15, 0.2) is 5.78 Å². The quantitative estimate of drug-likeness (QED) is 0.264. The van der Waals surface area contributed by atoms with Crippen molar-refractivity contribution < 1.29 is 4.79 Å². The molecule has 0 atom stereocenters. The maximum absolute atomic E-state index is 12.4. The molecule has 3 heteroatoms. The zero-order valence-electron chi connectivity index (χ0n) is 19.1. The molecule has 0 radical (unpaired) electrons. The predicted molar refractivity (Wildman–Crippen MR) is 140 cm³/mol. The van der Waals surface area contributed by atoms with Gasteiger partial charge in [-0.1, -0.05) is 92.8 Å². The van der Waals surface area contributed by atoms with Crippen LogP contribution in [0.4, 0.5) is 0 Å². The molecule has 164 valence electrons. The van der Waals surface area contributed by atoms with Crippen LogP contribution in [0.15, 0.2) is 111 Å². The first-order chi connectivity index (χ1) is 16.0. The summed E-state index contributed by atoms with van der Waals surface area (Å²) < 4.78 is 0. The van der Waals surface area contributed by atoms with Crippen molar-refractivity contribution in [3.63, 3.8) is 0 Å². The summed E-state index contributed by atoms with van der Waals surface area (Å²) in [6.45, 7) is 6.48. The van der Waals surface area contributed by atoms with Crippen LogP contribution in [0.3, 0.4) is 0 Å². The van der Waals surface area contributed by atoms with Gasteiger partial charge in [0.2, 0.25) is 0 Å². The van der Waals surface area contributed by atoms with Crippen LogP contribution in [0.25, 0.3) is 11.1 Å². The summed E-state index contributed by atoms with van der Waals surface area (Å²) in [6, 6.07) is 32.1. The second-order valence-corrected chi connectivity index (χ2v) is 11.1. The Morgan fingerprint density at radius 3 is 1.82 bits per heavy atom. The molecule has 0 saturated heterocycles. The van der Waals surface area contributed by atoms with Gasteiger partial charge in [-0.05, 0) is 64.7 Å². The van der Waals surface area contributed by atoms with Crippen LogP contribution in [-0.4, -0.2) is 5.78 Å². The van der Waals surface area contributed by atoms with E-state index in [1.807, 2.05) is 36.5 Å². The Morgan fingerprint density at radius 1 is 0.697 bits per heavy atom. The number of carbonyl (C=O) groups excluding carboxylic acids is 1. The molecule has 0 bridgehead atoms. The number of carbonyl (C=O) groups is 1. The van der Waals surface area contributed by atoms with Gasteiger partial charge in [0.25, 0.3) is 0 Å². The minimum Gasteiger partial charge on any atom is -0.294 e. The summed E-state index contributed by atoms with van der Waals surface area (Å²) in [4.78, 5) is 17.4. The van der Waals surface area contributed by atoms with Gasteiger partial charge in [-0.2, -0.15) is 0 Å². The van der Waals surface area contributed by atoms with Crippen molar-refractivity contribution in [2.75, 3.05) is 0 Å². The van der Waals surface area contributed by atoms with Gasteiger partial charge in [-0.3, -0.25) is 4.79 Å². The number of rotatable bonds is 6. The van der Waals surface area contributed by atoms with Crippen molar-refractivity contribution in [3.8, 4) is 11.1 Å². The van der Waals surface area contributed by atoms with Crippen LogP contribution in [0.2, 0.25) is 0 Å². The van der Waals surface area contributed by atoms with E-state index < -0.39 is 0 Å². The lowest BCUT2D eigenvalue weighted by atomic mass is 9.81. The predicted octanol–water partition coefficient (Wildman–Crippen LogP) is 8.89. The van der Waals surface area contributed by atoms with Crippen molar-refractivity contribution in [1.29, 1.82) is 0 Å². The monoisotopic (exact) mass is 466 g/mol. The van der Waals surface area contributed by atoms with E-state index >= 15 is 0 Å². The lowest BCUT2D eigenvalue weighted by Crippen LogP contribution is -2.16. The lowest BCUT2D eigenvalue weighted by molar-refractivity contribution is 0.0988. The number of benzene rings is 4. The van der Waals surface area contributed by atoms with E-state index in [1.165, 1.54) is 41.8 Å². The largest absolute Gasteiger partial charge is 0.294 e. The molecule has 0 spiro atoms. The second kappa shape index (κ2) is 8.89. The van der Waals surface area contributed by atoms with Crippen molar-refractivity contribution in [1.82, 2.24) is 0 Å². The van der Waals surface area contributed by atoms with Crippen LogP contribution in [0.5, 0.6) is 0 Å². The van der Waals surface area contributed by atoms with E-state index in [9.17, 15) is 4.79 Å². The third-order valence-corrected chi connectivity index (χ3v) is 8.59. The molecule has 0 N–H and O–H groups in total. The molecule has 0 unspecified atom stereocenters. The highest BCUT2D eigenvalue weighted by molar-refractivity contribution is 8.02. The summed E-state index contributed by atoms with van der Waals surface area (Å²) in [5.74, 6) is 0.199. The fraction of sp³-hybridized carbons (Fsp3) is 0.167. The molecule has 0 aliphatic heterocycles. The van der Waals surface area contributed by atoms with Gasteiger partial charge in [0, 0.05) is 37.0 Å². The Bertz CT molecular complexity index is 1320. The third kappa shape index (κ3) is 4.16. The molecule has 4 aromatic carbocycles. The van der Waals surface area contributed by atoms with E-state index in [0.717, 1.165) is 5.56 Å². The van der Waals surface area contributed by atoms with Crippen molar-refractivity contribution in [3.05, 3.63) is 108 Å². The van der Waals surface area contributed by atoms with Crippen molar-refractivity contribution in [2.24, 2.45) is 0 Å². The van der Waals surface area contributed by atoms with Crippen LogP contribution in [-0.2, 0) is 5.41 Å². The smallest absolute Gasteiger partial charge is 0.162 e. The Balaban J connectivity index is 1.65. The highest BCUT2D eigenvalue weighted by atomic mass is 32.2. The first kappa shape index (κ1) is 22.1. The molecule has 1 aliphatic rings. The summed E-state index contributed by atoms with van der Waals surface area (Å²) in [5, 5.41) is 0. The number of hydrogen-bond acceptors (Lipinski definition) is 3. The van der Waals surface area contributed by atoms with Gasteiger partial charge in [0.1, 0.15) is 0 Å². The highest BCUT2D eigenvalue weighted by Crippen LogP contribution is 2.53. The zero-order chi connectivity index (χ0) is 23.0. The summed E-state index contributed by atoms with van der Waals surface area (Å²) in [7, 11) is 0. The molecule has 0 heterocycles. The van der Waals surface area contributed by atoms with Crippen molar-refractivity contribution >= 4 is 29.3 Å². The van der Waals surface area contributed by atoms with Gasteiger partial charge in [-0.15, -0.1) is 0 Å². The Morgan fingerprint density at radius 2 is 1.24 bits per heavy atom. The molecule has 33 heavy (non-hydrogen) atoms. The van der Waals surface area contributed by atoms with Crippen LogP contribution >= 0.6 is 23.5 Å². The maximum Gasteiger partial charge on any atom is 0.162 e. The van der Waals surface area contributed by atoms with Gasteiger partial charge in [-0.25, -0.2) is 0 Å². The molecular weight excluding hydrogens is 440 g/mol. The standard InChI is InChI=1S/C30H26OS2/c1-4-27(31)20-15-16-23-24-18-28(32-21-11-7-5-8-12-21)29(33-22-13-9-6-10-14-22)19-26(24)30(2,3)25(23)17-20/h5-19H,4H2,1-3H3. The molecule has 0 aromatic heterocycles. The Hall–Kier alpha value is -2.75. The molecule has 5 rings (SSSR count). The van der Waals surface area contributed by atoms with Gasteiger partial charge < -0.3 is 0 Å². The van der Waals surface area contributed by atoms with E-state index in [4.69, 9.17) is 0 Å². The number of hydrogen-bond donors (Lipinski definition) is 0. The topological polar surface area (TPSA) is 17.1 Å². The molecule has 0 fully saturated rings. The highest BCUT2D eigenvalue weighted by Gasteiger charge is 2.37. The van der Waals surface area contributed by atoms with Crippen LogP contribution in [0.1, 0.15) is 48.7 Å². The SMILES string of the molecule is CCC(=O)c1ccc2c(c1)C(C)(C)c1cc(Sc3ccccc3)c(Sc3ccccc3)cc1-2. The van der Waals surface area contributed by atoms with Crippen LogP contribution < -0.4 is 0 Å². The number of ketones is 1. The van der Waals surface area contributed by atoms with Crippen molar-refractivity contribution in [2.45, 2.75) is 52.2 Å². The fourth-order valence-corrected chi connectivity index (χ4v) is 6.53. The Labute approximate surface area is 204 Å². The normalized spacial score (nSPS) is 13.4. The molecule has 1 nitrogen and oxygen atoms in total. The molecule has 4 aromatic rings. The Kier molecular flexibility index (Phi) is 5.94. The maximum atomic E-state index is 12.4. The first-order valence-corrected chi connectivity index (χ1v) is 12.9. The molecule has 0 saturated carbocycles. The zero-order valence-corrected chi connectivity index (χ0v) is 20.7. The average Bonchev–Trinajstić information content (AvgIpc) is 3.06. The second-order valence-electron chi connectivity index (χ2n) is 8.84. The van der Waals surface area contributed by atoms with Crippen LogP contribution in [0, 0.1) is 0 Å². The van der Waals surface area contributed by atoms with Gasteiger partial charge >= 0.3 is 0 Å². The first-order valence-electron chi connectivity index (χ1n) is 11.3. The molecule has 1 aliphatic carbocycles. The number of fused-ring (bicyclic) bond motifs is 3. The third-order valence-electron chi connectivity index (χ3n) is 6.33. The van der Waals surface area contributed by atoms with E-state index in [2.05, 4.69) is 98.8 Å². The molecular formula is C30H26OS2. The van der Waals surface area contributed by atoms with E-state index in [-0.39, 0.29) is 11.2 Å². The van der Waals surface area contributed by atoms with E-state index in [1.54, 1.807) is 0 Å². The summed E-state index contributed by atoms with van der Waals surface area (Å²) in [5.41, 5.74) is 5.75. The summed E-state index contributed by atoms with van der Waals surface area (Å²) in [6.07, 6.45) is 0.530. The van der Waals surface area contributed by atoms with E-state index in [0.29, 0.717) is 6.42 Å². The van der Waals surface area contributed by atoms with Gasteiger partial charge in [0.05, 0.1) is 0 Å². The minimum atomic E-state index is -0.156.